The van der Waals surface area contributed by atoms with Crippen LogP contribution < -0.4 is 0 Å². The number of para-hydroxylation sites is 1. The van der Waals surface area contributed by atoms with E-state index in [9.17, 15) is 10.4 Å². The van der Waals surface area contributed by atoms with Crippen molar-refractivity contribution in [3.63, 3.8) is 0 Å². The SMILES string of the molecule is Cc1cc(C(O)C2(C#N)CCOC2)c2ccccc2n1. The van der Waals surface area contributed by atoms with Gasteiger partial charge >= 0.3 is 0 Å². The minimum absolute atomic E-state index is 0.278. The molecule has 1 saturated heterocycles. The molecule has 20 heavy (non-hydrogen) atoms. The highest BCUT2D eigenvalue weighted by atomic mass is 16.5. The van der Waals surface area contributed by atoms with E-state index in [1.165, 1.54) is 0 Å². The molecule has 1 aliphatic heterocycles. The van der Waals surface area contributed by atoms with Crippen LogP contribution in [0.15, 0.2) is 30.3 Å². The van der Waals surface area contributed by atoms with Crippen LogP contribution in [0, 0.1) is 23.7 Å². The molecule has 0 spiro atoms. The van der Waals surface area contributed by atoms with Crippen molar-refractivity contribution in [2.75, 3.05) is 13.2 Å². The van der Waals surface area contributed by atoms with Crippen LogP contribution in [-0.4, -0.2) is 23.3 Å². The summed E-state index contributed by atoms with van der Waals surface area (Å²) < 4.78 is 5.34. The van der Waals surface area contributed by atoms with Crippen molar-refractivity contribution in [3.8, 4) is 6.07 Å². The summed E-state index contributed by atoms with van der Waals surface area (Å²) in [6.07, 6.45) is -0.304. The summed E-state index contributed by atoms with van der Waals surface area (Å²) in [5, 5.41) is 21.1. The summed E-state index contributed by atoms with van der Waals surface area (Å²) in [4.78, 5) is 4.47. The lowest BCUT2D eigenvalue weighted by Crippen LogP contribution is -2.28. The second kappa shape index (κ2) is 4.86. The number of fused-ring (bicyclic) bond motifs is 1. The molecule has 3 rings (SSSR count). The van der Waals surface area contributed by atoms with Crippen molar-refractivity contribution < 1.29 is 9.84 Å². The Morgan fingerprint density at radius 3 is 2.95 bits per heavy atom. The Morgan fingerprint density at radius 1 is 1.45 bits per heavy atom. The third-order valence-corrected chi connectivity index (χ3v) is 3.97. The van der Waals surface area contributed by atoms with Crippen LogP contribution >= 0.6 is 0 Å². The Hall–Kier alpha value is -1.96. The number of hydrogen-bond donors (Lipinski definition) is 1. The van der Waals surface area contributed by atoms with Crippen LogP contribution in [0.2, 0.25) is 0 Å². The number of ether oxygens (including phenoxy) is 1. The van der Waals surface area contributed by atoms with Gasteiger partial charge in [-0.25, -0.2) is 0 Å². The standard InChI is InChI=1S/C16H16N2O2/c1-11-8-13(12-4-2-3-5-14(12)18-11)15(19)16(9-17)6-7-20-10-16/h2-5,8,15,19H,6-7,10H2,1H3. The maximum atomic E-state index is 10.8. The van der Waals surface area contributed by atoms with Crippen molar-refractivity contribution in [1.82, 2.24) is 4.98 Å². The van der Waals surface area contributed by atoms with Gasteiger partial charge in [0.1, 0.15) is 11.5 Å². The van der Waals surface area contributed by atoms with Crippen LogP contribution in [-0.2, 0) is 4.74 Å². The molecule has 4 heteroatoms. The number of benzene rings is 1. The molecule has 0 aliphatic carbocycles. The molecule has 1 N–H and O–H groups in total. The minimum atomic E-state index is -0.860. The van der Waals surface area contributed by atoms with Gasteiger partial charge in [0.25, 0.3) is 0 Å². The fourth-order valence-corrected chi connectivity index (χ4v) is 2.81. The average molecular weight is 268 g/mol. The van der Waals surface area contributed by atoms with Gasteiger partial charge < -0.3 is 9.84 Å². The lowest BCUT2D eigenvalue weighted by atomic mass is 9.78. The molecule has 2 heterocycles. The van der Waals surface area contributed by atoms with Crippen molar-refractivity contribution in [2.24, 2.45) is 5.41 Å². The van der Waals surface area contributed by atoms with E-state index in [-0.39, 0.29) is 6.61 Å². The number of aliphatic hydroxyl groups excluding tert-OH is 1. The van der Waals surface area contributed by atoms with Crippen molar-refractivity contribution in [1.29, 1.82) is 5.26 Å². The summed E-state index contributed by atoms with van der Waals surface area (Å²) in [5.41, 5.74) is 1.59. The van der Waals surface area contributed by atoms with E-state index < -0.39 is 11.5 Å². The number of aromatic nitrogens is 1. The molecule has 2 atom stereocenters. The maximum absolute atomic E-state index is 10.8. The van der Waals surface area contributed by atoms with Gasteiger partial charge in [0.15, 0.2) is 0 Å². The van der Waals surface area contributed by atoms with Gasteiger partial charge in [-0.15, -0.1) is 0 Å². The maximum Gasteiger partial charge on any atom is 0.113 e. The van der Waals surface area contributed by atoms with E-state index in [0.29, 0.717) is 13.0 Å². The predicted molar refractivity (Wildman–Crippen MR) is 74.9 cm³/mol. The fraction of sp³-hybridized carbons (Fsp3) is 0.375. The largest absolute Gasteiger partial charge is 0.387 e. The molecule has 0 radical (unpaired) electrons. The van der Waals surface area contributed by atoms with Crippen LogP contribution in [0.3, 0.4) is 0 Å². The van der Waals surface area contributed by atoms with E-state index in [4.69, 9.17) is 4.74 Å². The molecular formula is C16H16N2O2. The summed E-state index contributed by atoms with van der Waals surface area (Å²) in [7, 11) is 0. The van der Waals surface area contributed by atoms with E-state index in [1.807, 2.05) is 37.3 Å². The van der Waals surface area contributed by atoms with Gasteiger partial charge in [0.05, 0.1) is 18.2 Å². The Labute approximate surface area is 117 Å². The van der Waals surface area contributed by atoms with Crippen molar-refractivity contribution >= 4 is 10.9 Å². The van der Waals surface area contributed by atoms with E-state index in [0.717, 1.165) is 22.2 Å². The number of rotatable bonds is 2. The number of aryl methyl sites for hydroxylation is 1. The number of nitriles is 1. The first kappa shape index (κ1) is 13.0. The zero-order valence-electron chi connectivity index (χ0n) is 11.3. The molecule has 1 aliphatic rings. The molecule has 1 fully saturated rings. The highest BCUT2D eigenvalue weighted by Gasteiger charge is 2.43. The van der Waals surface area contributed by atoms with Crippen LogP contribution in [0.25, 0.3) is 10.9 Å². The molecule has 0 saturated carbocycles. The fourth-order valence-electron chi connectivity index (χ4n) is 2.81. The van der Waals surface area contributed by atoms with E-state index in [2.05, 4.69) is 11.1 Å². The van der Waals surface area contributed by atoms with Gasteiger partial charge in [0, 0.05) is 17.7 Å². The summed E-state index contributed by atoms with van der Waals surface area (Å²) in [6, 6.07) is 11.8. The third-order valence-electron chi connectivity index (χ3n) is 3.97. The van der Waals surface area contributed by atoms with Gasteiger partial charge in [-0.1, -0.05) is 18.2 Å². The first-order chi connectivity index (χ1) is 9.66. The van der Waals surface area contributed by atoms with Crippen LogP contribution in [0.1, 0.15) is 23.8 Å². The van der Waals surface area contributed by atoms with Crippen LogP contribution in [0.5, 0.6) is 0 Å². The Kier molecular flexibility index (Phi) is 3.17. The van der Waals surface area contributed by atoms with Crippen molar-refractivity contribution in [2.45, 2.75) is 19.4 Å². The average Bonchev–Trinajstić information content (AvgIpc) is 2.95. The molecule has 1 aromatic heterocycles. The van der Waals surface area contributed by atoms with Crippen LogP contribution in [0.4, 0.5) is 0 Å². The first-order valence-corrected chi connectivity index (χ1v) is 6.70. The molecule has 1 aromatic carbocycles. The van der Waals surface area contributed by atoms with Gasteiger partial charge in [-0.3, -0.25) is 4.98 Å². The first-order valence-electron chi connectivity index (χ1n) is 6.70. The molecule has 102 valence electrons. The Bertz CT molecular complexity index is 684. The molecule has 0 amide bonds. The minimum Gasteiger partial charge on any atom is -0.387 e. The topological polar surface area (TPSA) is 66.1 Å². The zero-order valence-corrected chi connectivity index (χ0v) is 11.3. The van der Waals surface area contributed by atoms with Gasteiger partial charge in [-0.05, 0) is 31.0 Å². The van der Waals surface area contributed by atoms with E-state index >= 15 is 0 Å². The zero-order chi connectivity index (χ0) is 14.2. The normalized spacial score (nSPS) is 23.6. The molecule has 4 nitrogen and oxygen atoms in total. The number of aliphatic hydroxyl groups is 1. The lowest BCUT2D eigenvalue weighted by molar-refractivity contribution is 0.0514. The lowest BCUT2D eigenvalue weighted by Gasteiger charge is -2.26. The monoisotopic (exact) mass is 268 g/mol. The quantitative estimate of drug-likeness (QED) is 0.908. The Morgan fingerprint density at radius 2 is 2.25 bits per heavy atom. The number of nitrogens with zero attached hydrogens (tertiary/aromatic N) is 2. The smallest absolute Gasteiger partial charge is 0.113 e. The van der Waals surface area contributed by atoms with E-state index in [1.54, 1.807) is 0 Å². The highest BCUT2D eigenvalue weighted by Crippen LogP contribution is 2.42. The highest BCUT2D eigenvalue weighted by molar-refractivity contribution is 5.82. The molecule has 0 bridgehead atoms. The molecular weight excluding hydrogens is 252 g/mol. The van der Waals surface area contributed by atoms with Gasteiger partial charge in [0.2, 0.25) is 0 Å². The summed E-state index contributed by atoms with van der Waals surface area (Å²) in [5.74, 6) is 0. The second-order valence-corrected chi connectivity index (χ2v) is 5.34. The predicted octanol–water partition coefficient (Wildman–Crippen LogP) is 2.51. The Balaban J connectivity index is 2.16. The number of pyridine rings is 1. The summed E-state index contributed by atoms with van der Waals surface area (Å²) in [6.45, 7) is 2.69. The third kappa shape index (κ3) is 1.96. The van der Waals surface area contributed by atoms with Gasteiger partial charge in [-0.2, -0.15) is 5.26 Å². The molecule has 2 unspecified atom stereocenters. The molecule has 2 aromatic rings. The summed E-state index contributed by atoms with van der Waals surface area (Å²) >= 11 is 0. The second-order valence-electron chi connectivity index (χ2n) is 5.34. The number of hydrogen-bond acceptors (Lipinski definition) is 4. The van der Waals surface area contributed by atoms with Crippen molar-refractivity contribution in [3.05, 3.63) is 41.6 Å².